The molecular weight excluding hydrogens is 639 g/mol. The number of ether oxygens (including phenoxy) is 1. The SMILES string of the molecule is N#Cc1cc2cc3c(cc2cc1C#N)C1(c2ccccc2Oc2ccc(-c4nc(-c5ccccc5)nc(-c5ccccc5)n4)cc21)c1ccccc1-3. The van der Waals surface area contributed by atoms with E-state index in [-0.39, 0.29) is 0 Å². The van der Waals surface area contributed by atoms with Crippen molar-refractivity contribution in [2.75, 3.05) is 0 Å². The summed E-state index contributed by atoms with van der Waals surface area (Å²) in [5.41, 5.74) is 8.95. The van der Waals surface area contributed by atoms with Gasteiger partial charge in [-0.3, -0.25) is 0 Å². The molecule has 1 aromatic heterocycles. The molecule has 2 aliphatic rings. The third kappa shape index (κ3) is 4.25. The number of rotatable bonds is 3. The first kappa shape index (κ1) is 29.5. The first-order valence-electron chi connectivity index (χ1n) is 17.0. The molecule has 0 N–H and O–H groups in total. The van der Waals surface area contributed by atoms with E-state index in [1.54, 1.807) is 0 Å². The van der Waals surface area contributed by atoms with Crippen molar-refractivity contribution in [2.24, 2.45) is 0 Å². The van der Waals surface area contributed by atoms with Crippen LogP contribution in [0.4, 0.5) is 0 Å². The summed E-state index contributed by atoms with van der Waals surface area (Å²) in [5, 5.41) is 21.6. The monoisotopic (exact) mass is 663 g/mol. The van der Waals surface area contributed by atoms with Crippen molar-refractivity contribution in [2.45, 2.75) is 5.41 Å². The van der Waals surface area contributed by atoms with Gasteiger partial charge in [-0.2, -0.15) is 10.5 Å². The largest absolute Gasteiger partial charge is 0.457 e. The summed E-state index contributed by atoms with van der Waals surface area (Å²) >= 11 is 0. The average Bonchev–Trinajstić information content (AvgIpc) is 3.49. The van der Waals surface area contributed by atoms with Gasteiger partial charge in [-0.25, -0.2) is 15.0 Å². The highest BCUT2D eigenvalue weighted by Crippen LogP contribution is 2.62. The summed E-state index contributed by atoms with van der Waals surface area (Å²) in [5.74, 6) is 3.25. The van der Waals surface area contributed by atoms with Crippen molar-refractivity contribution < 1.29 is 4.74 Å². The van der Waals surface area contributed by atoms with Gasteiger partial charge in [0.15, 0.2) is 17.5 Å². The molecule has 0 saturated heterocycles. The fourth-order valence-corrected chi connectivity index (χ4v) is 7.96. The van der Waals surface area contributed by atoms with Crippen molar-refractivity contribution in [3.63, 3.8) is 0 Å². The molecule has 10 rings (SSSR count). The van der Waals surface area contributed by atoms with Crippen LogP contribution in [0, 0.1) is 22.7 Å². The molecule has 6 heteroatoms. The van der Waals surface area contributed by atoms with Crippen LogP contribution < -0.4 is 4.74 Å². The number of hydrogen-bond donors (Lipinski definition) is 0. The third-order valence-electron chi connectivity index (χ3n) is 10.2. The summed E-state index contributed by atoms with van der Waals surface area (Å²) in [4.78, 5) is 15.0. The van der Waals surface area contributed by atoms with Gasteiger partial charge in [-0.1, -0.05) is 103 Å². The molecule has 6 nitrogen and oxygen atoms in total. The first-order valence-corrected chi connectivity index (χ1v) is 17.0. The summed E-state index contributed by atoms with van der Waals surface area (Å²) in [6.07, 6.45) is 0. The molecule has 2 heterocycles. The fourth-order valence-electron chi connectivity index (χ4n) is 7.96. The number of fused-ring (bicyclic) bond motifs is 10. The van der Waals surface area contributed by atoms with E-state index in [9.17, 15) is 10.5 Å². The molecule has 0 fully saturated rings. The molecule has 1 aliphatic carbocycles. The van der Waals surface area contributed by atoms with Crippen molar-refractivity contribution in [3.8, 4) is 68.9 Å². The zero-order valence-corrected chi connectivity index (χ0v) is 27.6. The number of benzene rings is 7. The third-order valence-corrected chi connectivity index (χ3v) is 10.2. The Balaban J connectivity index is 1.27. The van der Waals surface area contributed by atoms with Crippen molar-refractivity contribution in [3.05, 3.63) is 185 Å². The van der Waals surface area contributed by atoms with Gasteiger partial charge in [0.05, 0.1) is 16.5 Å². The lowest BCUT2D eigenvalue weighted by atomic mass is 9.65. The predicted octanol–water partition coefficient (Wildman–Crippen LogP) is 10.2. The zero-order chi connectivity index (χ0) is 34.8. The van der Waals surface area contributed by atoms with Crippen LogP contribution in [0.25, 0.3) is 56.1 Å². The minimum Gasteiger partial charge on any atom is -0.457 e. The normalized spacial score (nSPS) is 14.7. The van der Waals surface area contributed by atoms with E-state index in [2.05, 4.69) is 66.7 Å². The standard InChI is InChI=1S/C46H25N5O/c47-26-33-21-31-23-36-35-15-7-8-16-37(35)46(39(36)25-32(31)22-34(33)27-48)38-17-9-10-18-41(38)52-42-20-19-30(24-40(42)46)45-50-43(28-11-3-1-4-12-28)49-44(51-45)29-13-5-2-6-14-29/h1-25H. The van der Waals surface area contributed by atoms with E-state index in [1.807, 2.05) is 97.1 Å². The van der Waals surface area contributed by atoms with Crippen LogP contribution in [0.2, 0.25) is 0 Å². The van der Waals surface area contributed by atoms with Crippen LogP contribution in [0.3, 0.4) is 0 Å². The molecular formula is C46H25N5O. The van der Waals surface area contributed by atoms with Gasteiger partial charge < -0.3 is 4.74 Å². The summed E-state index contributed by atoms with van der Waals surface area (Å²) in [6.45, 7) is 0. The van der Waals surface area contributed by atoms with Gasteiger partial charge in [0, 0.05) is 27.8 Å². The molecule has 52 heavy (non-hydrogen) atoms. The number of hydrogen-bond acceptors (Lipinski definition) is 6. The Morgan fingerprint density at radius 1 is 0.423 bits per heavy atom. The first-order chi connectivity index (χ1) is 25.6. The molecule has 7 aromatic carbocycles. The molecule has 0 saturated carbocycles. The van der Waals surface area contributed by atoms with Crippen LogP contribution in [0.5, 0.6) is 11.5 Å². The highest BCUT2D eigenvalue weighted by molar-refractivity contribution is 5.98. The van der Waals surface area contributed by atoms with E-state index in [1.165, 1.54) is 0 Å². The van der Waals surface area contributed by atoms with Crippen LogP contribution in [-0.2, 0) is 5.41 Å². The van der Waals surface area contributed by atoms with E-state index in [0.29, 0.717) is 28.6 Å². The summed E-state index contributed by atoms with van der Waals surface area (Å²) < 4.78 is 6.69. The Bertz CT molecular complexity index is 2800. The lowest BCUT2D eigenvalue weighted by Gasteiger charge is -2.39. The van der Waals surface area contributed by atoms with Gasteiger partial charge in [0.25, 0.3) is 0 Å². The van der Waals surface area contributed by atoms with Gasteiger partial charge in [-0.15, -0.1) is 0 Å². The van der Waals surface area contributed by atoms with Gasteiger partial charge in [-0.05, 0) is 81.6 Å². The minimum atomic E-state index is -0.765. The second kappa shape index (κ2) is 11.3. The molecule has 1 aliphatic heterocycles. The molecule has 1 spiro atoms. The van der Waals surface area contributed by atoms with E-state index in [0.717, 1.165) is 72.3 Å². The minimum absolute atomic E-state index is 0.354. The number of aromatic nitrogens is 3. The van der Waals surface area contributed by atoms with Gasteiger partial charge in [0.1, 0.15) is 23.6 Å². The predicted molar refractivity (Wildman–Crippen MR) is 200 cm³/mol. The van der Waals surface area contributed by atoms with Gasteiger partial charge >= 0.3 is 0 Å². The van der Waals surface area contributed by atoms with Crippen molar-refractivity contribution in [1.82, 2.24) is 15.0 Å². The van der Waals surface area contributed by atoms with Crippen LogP contribution in [-0.4, -0.2) is 15.0 Å². The molecule has 1 atom stereocenters. The maximum Gasteiger partial charge on any atom is 0.164 e. The van der Waals surface area contributed by atoms with Crippen LogP contribution in [0.1, 0.15) is 33.4 Å². The van der Waals surface area contributed by atoms with Crippen LogP contribution >= 0.6 is 0 Å². The molecule has 8 aromatic rings. The van der Waals surface area contributed by atoms with Crippen molar-refractivity contribution >= 4 is 10.8 Å². The molecule has 240 valence electrons. The second-order valence-corrected chi connectivity index (χ2v) is 13.0. The number of para-hydroxylation sites is 1. The molecule has 0 radical (unpaired) electrons. The Morgan fingerprint density at radius 2 is 0.962 bits per heavy atom. The van der Waals surface area contributed by atoms with E-state index >= 15 is 0 Å². The highest BCUT2D eigenvalue weighted by Gasteiger charge is 2.51. The topological polar surface area (TPSA) is 95.5 Å². The maximum atomic E-state index is 9.94. The maximum absolute atomic E-state index is 9.94. The summed E-state index contributed by atoms with van der Waals surface area (Å²) in [6, 6.07) is 55.3. The lowest BCUT2D eigenvalue weighted by Crippen LogP contribution is -2.32. The number of nitriles is 2. The van der Waals surface area contributed by atoms with Crippen molar-refractivity contribution in [1.29, 1.82) is 10.5 Å². The Morgan fingerprint density at radius 3 is 1.62 bits per heavy atom. The fraction of sp³-hybridized carbons (Fsp3) is 0.0217. The number of nitrogens with zero attached hydrogens (tertiary/aromatic N) is 5. The lowest BCUT2D eigenvalue weighted by molar-refractivity contribution is 0.436. The Labute approximate surface area is 299 Å². The smallest absolute Gasteiger partial charge is 0.164 e. The summed E-state index contributed by atoms with van der Waals surface area (Å²) in [7, 11) is 0. The Kier molecular flexibility index (Phi) is 6.42. The Hall–Kier alpha value is -7.41. The zero-order valence-electron chi connectivity index (χ0n) is 27.6. The van der Waals surface area contributed by atoms with E-state index in [4.69, 9.17) is 19.7 Å². The van der Waals surface area contributed by atoms with Crippen LogP contribution in [0.15, 0.2) is 152 Å². The molecule has 0 amide bonds. The quantitative estimate of drug-likeness (QED) is 0.187. The second-order valence-electron chi connectivity index (χ2n) is 13.0. The molecule has 0 bridgehead atoms. The average molecular weight is 664 g/mol. The molecule has 1 unspecified atom stereocenters. The van der Waals surface area contributed by atoms with E-state index < -0.39 is 5.41 Å². The highest BCUT2D eigenvalue weighted by atomic mass is 16.5. The van der Waals surface area contributed by atoms with Gasteiger partial charge in [0.2, 0.25) is 0 Å².